The van der Waals surface area contributed by atoms with Crippen molar-refractivity contribution in [3.63, 3.8) is 0 Å². The monoisotopic (exact) mass is 356 g/mol. The van der Waals surface area contributed by atoms with Crippen molar-refractivity contribution in [1.82, 2.24) is 9.88 Å². The SMILES string of the molecule is O=C(C1=CCCC1)N1CCC2(CC1)OCCC2CCOc1ccccn1. The molecule has 0 bridgehead atoms. The molecule has 1 spiro atoms. The van der Waals surface area contributed by atoms with Crippen LogP contribution in [-0.4, -0.2) is 47.7 Å². The van der Waals surface area contributed by atoms with E-state index in [2.05, 4.69) is 11.1 Å². The molecule has 0 radical (unpaired) electrons. The average Bonchev–Trinajstić information content (AvgIpc) is 3.34. The maximum atomic E-state index is 12.6. The van der Waals surface area contributed by atoms with Crippen LogP contribution in [0.2, 0.25) is 0 Å². The maximum absolute atomic E-state index is 12.6. The molecule has 1 unspecified atom stereocenters. The third-order valence-electron chi connectivity index (χ3n) is 6.17. The number of likely N-dealkylation sites (tertiary alicyclic amines) is 1. The molecule has 1 aromatic rings. The quantitative estimate of drug-likeness (QED) is 0.812. The number of nitrogens with zero attached hydrogens (tertiary/aromatic N) is 2. The first-order valence-electron chi connectivity index (χ1n) is 9.93. The van der Waals surface area contributed by atoms with Crippen molar-refractivity contribution in [2.75, 3.05) is 26.3 Å². The van der Waals surface area contributed by atoms with Gasteiger partial charge in [-0.1, -0.05) is 12.1 Å². The summed E-state index contributed by atoms with van der Waals surface area (Å²) < 4.78 is 12.0. The molecule has 2 fully saturated rings. The Balaban J connectivity index is 1.29. The number of carbonyl (C=O) groups is 1. The van der Waals surface area contributed by atoms with Crippen LogP contribution in [0.25, 0.3) is 0 Å². The Morgan fingerprint density at radius 1 is 1.35 bits per heavy atom. The second-order valence-electron chi connectivity index (χ2n) is 7.62. The minimum Gasteiger partial charge on any atom is -0.478 e. The largest absolute Gasteiger partial charge is 0.478 e. The van der Waals surface area contributed by atoms with Crippen molar-refractivity contribution in [1.29, 1.82) is 0 Å². The smallest absolute Gasteiger partial charge is 0.249 e. The van der Waals surface area contributed by atoms with Gasteiger partial charge in [0.25, 0.3) is 0 Å². The molecule has 4 rings (SSSR count). The van der Waals surface area contributed by atoms with E-state index in [1.54, 1.807) is 6.20 Å². The van der Waals surface area contributed by atoms with Crippen LogP contribution < -0.4 is 4.74 Å². The van der Waals surface area contributed by atoms with Gasteiger partial charge in [-0.15, -0.1) is 0 Å². The van der Waals surface area contributed by atoms with Gasteiger partial charge in [0.2, 0.25) is 11.8 Å². The van der Waals surface area contributed by atoms with Crippen molar-refractivity contribution in [2.24, 2.45) is 5.92 Å². The molecule has 1 atom stereocenters. The van der Waals surface area contributed by atoms with Crippen molar-refractivity contribution >= 4 is 5.91 Å². The van der Waals surface area contributed by atoms with Crippen LogP contribution in [0.15, 0.2) is 36.0 Å². The maximum Gasteiger partial charge on any atom is 0.249 e. The van der Waals surface area contributed by atoms with Crippen LogP contribution in [0, 0.1) is 5.92 Å². The lowest BCUT2D eigenvalue weighted by Crippen LogP contribution is -2.49. The van der Waals surface area contributed by atoms with E-state index in [-0.39, 0.29) is 11.5 Å². The highest BCUT2D eigenvalue weighted by Gasteiger charge is 2.46. The Morgan fingerprint density at radius 3 is 2.96 bits per heavy atom. The molecule has 3 heterocycles. The van der Waals surface area contributed by atoms with Gasteiger partial charge >= 0.3 is 0 Å². The lowest BCUT2D eigenvalue weighted by atomic mass is 9.78. The van der Waals surface area contributed by atoms with Crippen LogP contribution >= 0.6 is 0 Å². The van der Waals surface area contributed by atoms with E-state index in [4.69, 9.17) is 9.47 Å². The summed E-state index contributed by atoms with van der Waals surface area (Å²) in [5.41, 5.74) is 0.961. The summed E-state index contributed by atoms with van der Waals surface area (Å²) in [6.45, 7) is 3.12. The molecule has 0 saturated carbocycles. The Morgan fingerprint density at radius 2 is 2.23 bits per heavy atom. The number of pyridine rings is 1. The minimum atomic E-state index is -0.0612. The molecule has 0 aromatic carbocycles. The second kappa shape index (κ2) is 7.78. The molecule has 2 aliphatic heterocycles. The fraction of sp³-hybridized carbons (Fsp3) is 0.619. The number of piperidine rings is 1. The summed E-state index contributed by atoms with van der Waals surface area (Å²) in [6.07, 6.45) is 11.0. The molecule has 5 nitrogen and oxygen atoms in total. The Hall–Kier alpha value is -1.88. The third-order valence-corrected chi connectivity index (χ3v) is 6.17. The van der Waals surface area contributed by atoms with Crippen LogP contribution in [0.5, 0.6) is 5.88 Å². The van der Waals surface area contributed by atoms with E-state index < -0.39 is 0 Å². The van der Waals surface area contributed by atoms with Gasteiger partial charge in [-0.25, -0.2) is 4.98 Å². The number of hydrogen-bond acceptors (Lipinski definition) is 4. The van der Waals surface area contributed by atoms with Gasteiger partial charge in [0.05, 0.1) is 12.2 Å². The van der Waals surface area contributed by atoms with Crippen molar-refractivity contribution in [2.45, 2.75) is 50.5 Å². The predicted molar refractivity (Wildman–Crippen MR) is 98.9 cm³/mol. The standard InChI is InChI=1S/C21H28N2O3/c24-20(17-5-1-2-6-17)23-13-10-21(11-14-23)18(9-16-26-21)8-15-25-19-7-3-4-12-22-19/h3-5,7,12,18H,1-2,6,8-11,13-16H2. The van der Waals surface area contributed by atoms with E-state index in [1.807, 2.05) is 23.1 Å². The number of ether oxygens (including phenoxy) is 2. The first-order valence-corrected chi connectivity index (χ1v) is 9.93. The second-order valence-corrected chi connectivity index (χ2v) is 7.62. The van der Waals surface area contributed by atoms with Gasteiger partial charge in [-0.05, 0) is 56.9 Å². The number of rotatable bonds is 5. The number of allylic oxidation sites excluding steroid dienone is 1. The molecule has 1 aliphatic carbocycles. The zero-order chi connectivity index (χ0) is 17.8. The number of hydrogen-bond donors (Lipinski definition) is 0. The van der Waals surface area contributed by atoms with Gasteiger partial charge in [0.1, 0.15) is 0 Å². The molecule has 3 aliphatic rings. The van der Waals surface area contributed by atoms with E-state index >= 15 is 0 Å². The highest BCUT2D eigenvalue weighted by atomic mass is 16.5. The van der Waals surface area contributed by atoms with Gasteiger partial charge < -0.3 is 14.4 Å². The van der Waals surface area contributed by atoms with Gasteiger partial charge in [0, 0.05) is 37.5 Å². The van der Waals surface area contributed by atoms with Crippen LogP contribution in [0.1, 0.15) is 44.9 Å². The molecule has 1 amide bonds. The summed E-state index contributed by atoms with van der Waals surface area (Å²) in [5.74, 6) is 1.45. The van der Waals surface area contributed by atoms with E-state index in [9.17, 15) is 4.79 Å². The third kappa shape index (κ3) is 3.63. The lowest BCUT2D eigenvalue weighted by Gasteiger charge is -2.42. The normalized spacial score (nSPS) is 24.7. The molecule has 26 heavy (non-hydrogen) atoms. The fourth-order valence-corrected chi connectivity index (χ4v) is 4.64. The molecular formula is C21H28N2O3. The summed E-state index contributed by atoms with van der Waals surface area (Å²) >= 11 is 0. The van der Waals surface area contributed by atoms with E-state index in [0.29, 0.717) is 18.4 Å². The summed E-state index contributed by atoms with van der Waals surface area (Å²) in [4.78, 5) is 18.8. The minimum absolute atomic E-state index is 0.0612. The summed E-state index contributed by atoms with van der Waals surface area (Å²) in [6, 6.07) is 5.72. The zero-order valence-electron chi connectivity index (χ0n) is 15.4. The predicted octanol–water partition coefficient (Wildman–Crippen LogP) is 3.36. The number of aromatic nitrogens is 1. The van der Waals surface area contributed by atoms with Crippen molar-refractivity contribution in [3.8, 4) is 5.88 Å². The van der Waals surface area contributed by atoms with Gasteiger partial charge in [-0.3, -0.25) is 4.79 Å². The first-order chi connectivity index (χ1) is 12.8. The van der Waals surface area contributed by atoms with E-state index in [1.165, 1.54) is 0 Å². The van der Waals surface area contributed by atoms with Crippen molar-refractivity contribution in [3.05, 3.63) is 36.0 Å². The van der Waals surface area contributed by atoms with Crippen LogP contribution in [0.3, 0.4) is 0 Å². The van der Waals surface area contributed by atoms with Crippen molar-refractivity contribution < 1.29 is 14.3 Å². The van der Waals surface area contributed by atoms with Crippen LogP contribution in [-0.2, 0) is 9.53 Å². The van der Waals surface area contributed by atoms with Gasteiger partial charge in [0.15, 0.2) is 0 Å². The lowest BCUT2D eigenvalue weighted by molar-refractivity contribution is -0.133. The highest BCUT2D eigenvalue weighted by Crippen LogP contribution is 2.42. The zero-order valence-corrected chi connectivity index (χ0v) is 15.4. The summed E-state index contributed by atoms with van der Waals surface area (Å²) in [5, 5.41) is 0. The average molecular weight is 356 g/mol. The molecular weight excluding hydrogens is 328 g/mol. The topological polar surface area (TPSA) is 51.7 Å². The van der Waals surface area contributed by atoms with Crippen LogP contribution in [0.4, 0.5) is 0 Å². The van der Waals surface area contributed by atoms with Gasteiger partial charge in [-0.2, -0.15) is 0 Å². The Kier molecular flexibility index (Phi) is 5.25. The highest BCUT2D eigenvalue weighted by molar-refractivity contribution is 5.93. The Labute approximate surface area is 155 Å². The number of amides is 1. The molecule has 140 valence electrons. The fourth-order valence-electron chi connectivity index (χ4n) is 4.64. The summed E-state index contributed by atoms with van der Waals surface area (Å²) in [7, 11) is 0. The molecule has 5 heteroatoms. The molecule has 1 aromatic heterocycles. The van der Waals surface area contributed by atoms with E-state index in [0.717, 1.165) is 70.2 Å². The Bertz CT molecular complexity index is 650. The number of carbonyl (C=O) groups excluding carboxylic acids is 1. The first kappa shape index (κ1) is 17.5. The molecule has 2 saturated heterocycles. The molecule has 0 N–H and O–H groups in total.